The lowest BCUT2D eigenvalue weighted by Crippen LogP contribution is -2.50. The van der Waals surface area contributed by atoms with Crippen LogP contribution in [0.4, 0.5) is 24.7 Å². The molecule has 0 radical (unpaired) electrons. The van der Waals surface area contributed by atoms with Gasteiger partial charge in [0.15, 0.2) is 0 Å². The van der Waals surface area contributed by atoms with E-state index in [1.807, 2.05) is 11.1 Å². The number of pyridine rings is 1. The van der Waals surface area contributed by atoms with Crippen molar-refractivity contribution in [2.24, 2.45) is 4.99 Å². The fourth-order valence-corrected chi connectivity index (χ4v) is 3.66. The lowest BCUT2D eigenvalue weighted by Gasteiger charge is -2.42. The molecule has 0 saturated carbocycles. The van der Waals surface area contributed by atoms with Crippen LogP contribution < -0.4 is 14.5 Å². The Labute approximate surface area is 164 Å². The van der Waals surface area contributed by atoms with Crippen molar-refractivity contribution in [3.63, 3.8) is 0 Å². The van der Waals surface area contributed by atoms with Gasteiger partial charge in [-0.3, -0.25) is 0 Å². The molecular weight excluding hydrogens is 393 g/mol. The second-order valence-corrected chi connectivity index (χ2v) is 6.85. The SMILES string of the molecule is FC(F)(F)Oc1ccc(N2C=NC=C3CCN(c4ncccc4Cl)CC32)cc1. The van der Waals surface area contributed by atoms with Gasteiger partial charge in [-0.05, 0) is 48.4 Å². The van der Waals surface area contributed by atoms with Crippen LogP contribution in [0.3, 0.4) is 0 Å². The van der Waals surface area contributed by atoms with Gasteiger partial charge in [-0.15, -0.1) is 13.2 Å². The Morgan fingerprint density at radius 3 is 2.64 bits per heavy atom. The molecule has 0 spiro atoms. The van der Waals surface area contributed by atoms with Crippen molar-refractivity contribution < 1.29 is 17.9 Å². The molecule has 2 aliphatic rings. The third-order valence-electron chi connectivity index (χ3n) is 4.67. The van der Waals surface area contributed by atoms with Crippen LogP contribution in [0.1, 0.15) is 6.42 Å². The Balaban J connectivity index is 1.56. The van der Waals surface area contributed by atoms with E-state index < -0.39 is 6.36 Å². The third-order valence-corrected chi connectivity index (χ3v) is 4.96. The van der Waals surface area contributed by atoms with Gasteiger partial charge in [-0.25, -0.2) is 9.98 Å². The maximum absolute atomic E-state index is 12.4. The summed E-state index contributed by atoms with van der Waals surface area (Å²) >= 11 is 6.29. The summed E-state index contributed by atoms with van der Waals surface area (Å²) in [6, 6.07) is 9.33. The largest absolute Gasteiger partial charge is 0.573 e. The number of ether oxygens (including phenoxy) is 1. The van der Waals surface area contributed by atoms with Crippen LogP contribution in [0.5, 0.6) is 5.75 Å². The molecule has 4 rings (SSSR count). The molecule has 3 heterocycles. The number of halogens is 4. The van der Waals surface area contributed by atoms with E-state index in [9.17, 15) is 13.2 Å². The summed E-state index contributed by atoms with van der Waals surface area (Å²) < 4.78 is 41.1. The molecule has 146 valence electrons. The highest BCUT2D eigenvalue weighted by Crippen LogP contribution is 2.33. The van der Waals surface area contributed by atoms with E-state index in [1.165, 1.54) is 12.1 Å². The van der Waals surface area contributed by atoms with E-state index in [-0.39, 0.29) is 11.8 Å². The topological polar surface area (TPSA) is 41.0 Å². The van der Waals surface area contributed by atoms with Crippen molar-refractivity contribution >= 4 is 29.4 Å². The van der Waals surface area contributed by atoms with Gasteiger partial charge < -0.3 is 14.5 Å². The first-order valence-electron chi connectivity index (χ1n) is 8.62. The number of nitrogens with zero attached hydrogens (tertiary/aromatic N) is 4. The number of hydrogen-bond acceptors (Lipinski definition) is 5. The highest BCUT2D eigenvalue weighted by Gasteiger charge is 2.33. The fraction of sp³-hybridized carbons (Fsp3) is 0.263. The zero-order chi connectivity index (χ0) is 19.7. The lowest BCUT2D eigenvalue weighted by atomic mass is 9.96. The average molecular weight is 409 g/mol. The first kappa shape index (κ1) is 18.6. The maximum atomic E-state index is 12.4. The molecule has 0 aliphatic carbocycles. The van der Waals surface area contributed by atoms with E-state index in [1.54, 1.807) is 36.8 Å². The third kappa shape index (κ3) is 3.91. The molecule has 28 heavy (non-hydrogen) atoms. The van der Waals surface area contributed by atoms with Gasteiger partial charge in [0.05, 0.1) is 17.4 Å². The van der Waals surface area contributed by atoms with Gasteiger partial charge >= 0.3 is 6.36 Å². The van der Waals surface area contributed by atoms with Crippen LogP contribution in [-0.2, 0) is 0 Å². The van der Waals surface area contributed by atoms with Crippen molar-refractivity contribution in [1.82, 2.24) is 4.98 Å². The summed E-state index contributed by atoms with van der Waals surface area (Å²) in [5.74, 6) is 0.464. The Kier molecular flexibility index (Phi) is 4.89. The van der Waals surface area contributed by atoms with Gasteiger partial charge in [-0.1, -0.05) is 11.6 Å². The molecule has 1 unspecified atom stereocenters. The van der Waals surface area contributed by atoms with Crippen LogP contribution >= 0.6 is 11.6 Å². The number of benzene rings is 1. The molecule has 1 saturated heterocycles. The van der Waals surface area contributed by atoms with Gasteiger partial charge in [0.1, 0.15) is 11.6 Å². The van der Waals surface area contributed by atoms with E-state index in [2.05, 4.69) is 19.6 Å². The molecule has 0 N–H and O–H groups in total. The van der Waals surface area contributed by atoms with Crippen molar-refractivity contribution in [2.45, 2.75) is 18.8 Å². The summed E-state index contributed by atoms with van der Waals surface area (Å²) in [7, 11) is 0. The molecule has 0 bridgehead atoms. The van der Waals surface area contributed by atoms with Gasteiger partial charge in [0.2, 0.25) is 0 Å². The summed E-state index contributed by atoms with van der Waals surface area (Å²) in [6.45, 7) is 1.40. The minimum absolute atomic E-state index is 0.0151. The summed E-state index contributed by atoms with van der Waals surface area (Å²) in [5, 5.41) is 0.583. The first-order valence-corrected chi connectivity index (χ1v) is 9.00. The standard InChI is InChI=1S/C19H16ClF3N4O/c20-16-2-1-8-25-18(16)26-9-7-13-10-24-12-27(17(13)11-26)14-3-5-15(6-4-14)28-19(21,22)23/h1-6,8,10,12,17H,7,9,11H2. The van der Waals surface area contributed by atoms with Crippen LogP contribution in [0, 0.1) is 0 Å². The average Bonchev–Trinajstić information content (AvgIpc) is 2.67. The molecule has 1 aromatic heterocycles. The number of aromatic nitrogens is 1. The predicted molar refractivity (Wildman–Crippen MR) is 102 cm³/mol. The Hall–Kier alpha value is -2.74. The van der Waals surface area contributed by atoms with Crippen molar-refractivity contribution in [3.05, 3.63) is 59.4 Å². The quantitative estimate of drug-likeness (QED) is 0.741. The lowest BCUT2D eigenvalue weighted by molar-refractivity contribution is -0.274. The zero-order valence-electron chi connectivity index (χ0n) is 14.6. The minimum atomic E-state index is -4.71. The number of anilines is 2. The molecule has 5 nitrogen and oxygen atoms in total. The number of aliphatic imine (C=N–C) groups is 1. The number of fused-ring (bicyclic) bond motifs is 1. The Morgan fingerprint density at radius 2 is 1.93 bits per heavy atom. The molecule has 9 heteroatoms. The second-order valence-electron chi connectivity index (χ2n) is 6.44. The van der Waals surface area contributed by atoms with E-state index >= 15 is 0 Å². The van der Waals surface area contributed by atoms with Crippen molar-refractivity contribution in [2.75, 3.05) is 22.9 Å². The highest BCUT2D eigenvalue weighted by atomic mass is 35.5. The maximum Gasteiger partial charge on any atom is 0.573 e. The Bertz CT molecular complexity index is 914. The Morgan fingerprint density at radius 1 is 1.14 bits per heavy atom. The monoisotopic (exact) mass is 408 g/mol. The number of hydrogen-bond donors (Lipinski definition) is 0. The van der Waals surface area contributed by atoms with Gasteiger partial charge in [0, 0.05) is 31.2 Å². The number of piperidine rings is 1. The molecule has 2 aliphatic heterocycles. The van der Waals surface area contributed by atoms with Crippen molar-refractivity contribution in [1.29, 1.82) is 0 Å². The summed E-state index contributed by atoms with van der Waals surface area (Å²) in [6.07, 6.45) is 1.31. The predicted octanol–water partition coefficient (Wildman–Crippen LogP) is 4.64. The van der Waals surface area contributed by atoms with Crippen molar-refractivity contribution in [3.8, 4) is 5.75 Å². The molecule has 0 amide bonds. The molecule has 1 aromatic carbocycles. The smallest absolute Gasteiger partial charge is 0.406 e. The highest BCUT2D eigenvalue weighted by molar-refractivity contribution is 6.32. The summed E-state index contributed by atoms with van der Waals surface area (Å²) in [5.41, 5.74) is 1.88. The van der Waals surface area contributed by atoms with Crippen LogP contribution in [-0.4, -0.2) is 36.8 Å². The molecule has 1 atom stereocenters. The van der Waals surface area contributed by atoms with Crippen LogP contribution in [0.2, 0.25) is 5.02 Å². The number of rotatable bonds is 3. The van der Waals surface area contributed by atoms with Gasteiger partial charge in [-0.2, -0.15) is 0 Å². The van der Waals surface area contributed by atoms with Crippen LogP contribution in [0.25, 0.3) is 0 Å². The minimum Gasteiger partial charge on any atom is -0.406 e. The summed E-state index contributed by atoms with van der Waals surface area (Å²) in [4.78, 5) is 12.7. The molecule has 2 aromatic rings. The number of alkyl halides is 3. The second kappa shape index (κ2) is 7.35. The van der Waals surface area contributed by atoms with Gasteiger partial charge in [0.25, 0.3) is 0 Å². The van der Waals surface area contributed by atoms with E-state index in [4.69, 9.17) is 11.6 Å². The fourth-order valence-electron chi connectivity index (χ4n) is 3.42. The van der Waals surface area contributed by atoms with E-state index in [0.717, 1.165) is 30.0 Å². The normalized spacial score (nSPS) is 19.3. The zero-order valence-corrected chi connectivity index (χ0v) is 15.4. The first-order chi connectivity index (χ1) is 13.4. The molecule has 1 fully saturated rings. The van der Waals surface area contributed by atoms with E-state index in [0.29, 0.717) is 11.6 Å². The molecular formula is C19H16ClF3N4O. The van der Waals surface area contributed by atoms with Crippen LogP contribution in [0.15, 0.2) is 59.4 Å².